The Morgan fingerprint density at radius 2 is 2.00 bits per heavy atom. The monoisotopic (exact) mass is 509 g/mol. The number of aryl methyl sites for hydroxylation is 1. The molecule has 2 aromatic rings. The molecule has 1 saturated carbocycles. The molecule has 4 atom stereocenters. The van der Waals surface area contributed by atoms with Gasteiger partial charge in [0.05, 0.1) is 18.4 Å². The van der Waals surface area contributed by atoms with E-state index in [1.165, 1.54) is 24.0 Å². The van der Waals surface area contributed by atoms with Gasteiger partial charge in [0.15, 0.2) is 0 Å². The number of ether oxygens (including phenoxy) is 2. The zero-order valence-corrected chi connectivity index (χ0v) is 22.8. The van der Waals surface area contributed by atoms with Crippen molar-refractivity contribution in [1.82, 2.24) is 0 Å². The molecule has 0 saturated heterocycles. The number of carbonyl (C=O) groups is 1. The lowest BCUT2D eigenvalue weighted by atomic mass is 9.70. The van der Waals surface area contributed by atoms with Crippen molar-refractivity contribution in [2.75, 3.05) is 31.7 Å². The molecule has 1 aliphatic heterocycles. The highest BCUT2D eigenvalue weighted by molar-refractivity contribution is 6.30. The van der Waals surface area contributed by atoms with E-state index in [9.17, 15) is 4.79 Å². The molecule has 2 aliphatic rings. The molecule has 1 aliphatic carbocycles. The third kappa shape index (κ3) is 6.15. The summed E-state index contributed by atoms with van der Waals surface area (Å²) in [7, 11) is 1.82. The van der Waals surface area contributed by atoms with Crippen molar-refractivity contribution in [3.63, 3.8) is 0 Å². The third-order valence-corrected chi connectivity index (χ3v) is 7.95. The van der Waals surface area contributed by atoms with E-state index in [-0.39, 0.29) is 12.0 Å². The van der Waals surface area contributed by atoms with Gasteiger partial charge in [0.1, 0.15) is 12.0 Å². The average Bonchev–Trinajstić information content (AvgIpc) is 3.03. The Kier molecular flexibility index (Phi) is 9.14. The fraction of sp³-hybridized carbons (Fsp3) is 0.516. The Hall–Kier alpha value is -2.30. The second-order valence-corrected chi connectivity index (χ2v) is 11.1. The predicted octanol–water partition coefficient (Wildman–Crippen LogP) is 7.34. The van der Waals surface area contributed by atoms with Crippen LogP contribution in [0.5, 0.6) is 5.75 Å². The number of hydrogen-bond acceptors (Lipinski definition) is 4. The van der Waals surface area contributed by atoms with Crippen molar-refractivity contribution in [1.29, 1.82) is 0 Å². The highest BCUT2D eigenvalue weighted by Crippen LogP contribution is 2.43. The molecule has 5 heteroatoms. The van der Waals surface area contributed by atoms with Crippen molar-refractivity contribution in [3.05, 3.63) is 70.3 Å². The number of benzene rings is 2. The molecular weight excluding hydrogens is 470 g/mol. The van der Waals surface area contributed by atoms with E-state index in [4.69, 9.17) is 21.1 Å². The molecule has 4 unspecified atom stereocenters. The van der Waals surface area contributed by atoms with E-state index >= 15 is 0 Å². The van der Waals surface area contributed by atoms with Gasteiger partial charge < -0.3 is 14.4 Å². The van der Waals surface area contributed by atoms with Gasteiger partial charge in [-0.1, -0.05) is 57.0 Å². The molecule has 0 spiro atoms. The lowest BCUT2D eigenvalue weighted by Gasteiger charge is -2.43. The van der Waals surface area contributed by atoms with Gasteiger partial charge in [0.2, 0.25) is 0 Å². The summed E-state index contributed by atoms with van der Waals surface area (Å²) in [5.41, 5.74) is 4.32. The summed E-state index contributed by atoms with van der Waals surface area (Å²) in [5, 5.41) is 0.782. The Labute approximate surface area is 221 Å². The average molecular weight is 510 g/mol. The minimum atomic E-state index is 0.137. The first-order valence-electron chi connectivity index (χ1n) is 13.4. The third-order valence-electron chi connectivity index (χ3n) is 7.72. The van der Waals surface area contributed by atoms with Crippen LogP contribution in [-0.4, -0.2) is 39.2 Å². The number of rotatable bonds is 10. The Morgan fingerprint density at radius 1 is 1.17 bits per heavy atom. The molecule has 1 fully saturated rings. The number of halogens is 1. The second kappa shape index (κ2) is 12.3. The second-order valence-electron chi connectivity index (χ2n) is 10.7. The lowest BCUT2D eigenvalue weighted by molar-refractivity contribution is 0.0133. The summed E-state index contributed by atoms with van der Waals surface area (Å²) >= 11 is 6.37. The van der Waals surface area contributed by atoms with E-state index < -0.39 is 0 Å². The number of allylic oxidation sites excluding steroid dienone is 1. The van der Waals surface area contributed by atoms with E-state index in [1.807, 2.05) is 31.4 Å². The molecular formula is C31H40ClNO3. The summed E-state index contributed by atoms with van der Waals surface area (Å²) < 4.78 is 12.3. The number of carbonyl (C=O) groups excluding carboxylic acids is 1. The highest BCUT2D eigenvalue weighted by Gasteiger charge is 2.38. The molecule has 2 aromatic carbocycles. The van der Waals surface area contributed by atoms with Crippen molar-refractivity contribution in [2.24, 2.45) is 17.8 Å². The molecule has 4 nitrogen and oxygen atoms in total. The molecule has 0 radical (unpaired) electrons. The smallest absolute Gasteiger partial charge is 0.150 e. The molecule has 0 amide bonds. The van der Waals surface area contributed by atoms with Crippen LogP contribution in [-0.2, 0) is 11.2 Å². The van der Waals surface area contributed by atoms with Crippen LogP contribution in [0.4, 0.5) is 5.69 Å². The minimum Gasteiger partial charge on any atom is -0.491 e. The summed E-state index contributed by atoms with van der Waals surface area (Å²) in [4.78, 5) is 14.1. The quantitative estimate of drug-likeness (QED) is 0.248. The first-order chi connectivity index (χ1) is 17.4. The van der Waals surface area contributed by atoms with Crippen molar-refractivity contribution >= 4 is 23.6 Å². The summed E-state index contributed by atoms with van der Waals surface area (Å²) in [6.07, 6.45) is 9.99. The van der Waals surface area contributed by atoms with E-state index in [0.29, 0.717) is 29.9 Å². The number of aldehydes is 1. The van der Waals surface area contributed by atoms with Gasteiger partial charge >= 0.3 is 0 Å². The fourth-order valence-corrected chi connectivity index (χ4v) is 5.86. The Morgan fingerprint density at radius 3 is 2.67 bits per heavy atom. The predicted molar refractivity (Wildman–Crippen MR) is 149 cm³/mol. The van der Waals surface area contributed by atoms with Crippen LogP contribution in [0.25, 0.3) is 0 Å². The minimum absolute atomic E-state index is 0.137. The van der Waals surface area contributed by atoms with Gasteiger partial charge in [-0.2, -0.15) is 0 Å². The SMILES string of the molecule is CCCc1cc(Cl)ccc1C1COc2ccc(C=O)cc2N(CC2CCC2C(/C=C/C(C)C)OC)C1. The van der Waals surface area contributed by atoms with Crippen LogP contribution in [0.15, 0.2) is 48.6 Å². The van der Waals surface area contributed by atoms with Gasteiger partial charge in [-0.3, -0.25) is 4.79 Å². The first kappa shape index (κ1) is 26.8. The van der Waals surface area contributed by atoms with Crippen LogP contribution in [0, 0.1) is 17.8 Å². The largest absolute Gasteiger partial charge is 0.491 e. The molecule has 36 heavy (non-hydrogen) atoms. The maximum atomic E-state index is 11.6. The Bertz CT molecular complexity index is 1070. The molecule has 0 aromatic heterocycles. The van der Waals surface area contributed by atoms with Crippen LogP contribution in [0.1, 0.15) is 67.4 Å². The molecule has 0 bridgehead atoms. The van der Waals surface area contributed by atoms with Gasteiger partial charge in [-0.05, 0) is 78.5 Å². The van der Waals surface area contributed by atoms with Crippen LogP contribution in [0.3, 0.4) is 0 Å². The van der Waals surface area contributed by atoms with Crippen molar-refractivity contribution in [3.8, 4) is 5.75 Å². The van der Waals surface area contributed by atoms with Crippen LogP contribution < -0.4 is 9.64 Å². The normalized spacial score (nSPS) is 22.6. The summed E-state index contributed by atoms with van der Waals surface area (Å²) in [5.74, 6) is 2.60. The van der Waals surface area contributed by atoms with E-state index in [1.54, 1.807) is 0 Å². The molecule has 1 heterocycles. The molecule has 194 valence electrons. The topological polar surface area (TPSA) is 38.8 Å². The fourth-order valence-electron chi connectivity index (χ4n) is 5.67. The number of hydrogen-bond donors (Lipinski definition) is 0. The number of nitrogens with zero attached hydrogens (tertiary/aromatic N) is 1. The number of fused-ring (bicyclic) bond motifs is 1. The van der Waals surface area contributed by atoms with Gasteiger partial charge in [-0.15, -0.1) is 0 Å². The first-order valence-corrected chi connectivity index (χ1v) is 13.8. The highest BCUT2D eigenvalue weighted by atomic mass is 35.5. The van der Waals surface area contributed by atoms with Crippen LogP contribution in [0.2, 0.25) is 5.02 Å². The van der Waals surface area contributed by atoms with Gasteiger partial charge in [0, 0.05) is 36.7 Å². The summed E-state index contributed by atoms with van der Waals surface area (Å²) in [6.45, 7) is 8.97. The Balaban J connectivity index is 1.63. The van der Waals surface area contributed by atoms with Gasteiger partial charge in [-0.25, -0.2) is 0 Å². The van der Waals surface area contributed by atoms with Gasteiger partial charge in [0.25, 0.3) is 0 Å². The summed E-state index contributed by atoms with van der Waals surface area (Å²) in [6, 6.07) is 12.1. The number of methoxy groups -OCH3 is 1. The van der Waals surface area contributed by atoms with E-state index in [2.05, 4.69) is 50.0 Å². The number of anilines is 1. The zero-order chi connectivity index (χ0) is 25.7. The van der Waals surface area contributed by atoms with Crippen molar-refractivity contribution in [2.45, 2.75) is 58.5 Å². The maximum Gasteiger partial charge on any atom is 0.150 e. The standard InChI is InChI=1S/C31H40ClNO3/c1-5-6-23-16-26(32)10-12-27(23)25-18-33(29-15-22(19-34)8-14-31(29)36-20-25)17-24-9-11-28(24)30(35-4)13-7-21(2)3/h7-8,10,12-16,19,21,24-25,28,30H,5-6,9,11,17-18,20H2,1-4H3/b13-7+. The lowest BCUT2D eigenvalue weighted by Crippen LogP contribution is -2.44. The maximum absolute atomic E-state index is 11.6. The molecule has 4 rings (SSSR count). The zero-order valence-electron chi connectivity index (χ0n) is 22.1. The van der Waals surface area contributed by atoms with Crippen LogP contribution >= 0.6 is 11.6 Å². The van der Waals surface area contributed by atoms with Crippen molar-refractivity contribution < 1.29 is 14.3 Å². The molecule has 0 N–H and O–H groups in total. The van der Waals surface area contributed by atoms with E-state index in [0.717, 1.165) is 48.7 Å².